The first-order valence-corrected chi connectivity index (χ1v) is 9.01. The van der Waals surface area contributed by atoms with Crippen molar-refractivity contribution in [2.24, 2.45) is 23.2 Å². The molecule has 0 aliphatic heterocycles. The molecule has 0 spiro atoms. The van der Waals surface area contributed by atoms with Crippen molar-refractivity contribution in [2.45, 2.75) is 71.1 Å². The summed E-state index contributed by atoms with van der Waals surface area (Å²) in [7, 11) is 0. The summed E-state index contributed by atoms with van der Waals surface area (Å²) in [5.74, 6) is 2.42. The molecule has 0 radical (unpaired) electrons. The van der Waals surface area contributed by atoms with Gasteiger partial charge in [0, 0.05) is 6.42 Å². The molecule has 0 aromatic heterocycles. The maximum absolute atomic E-state index is 8.94. The fourth-order valence-corrected chi connectivity index (χ4v) is 6.00. The van der Waals surface area contributed by atoms with Gasteiger partial charge in [-0.25, -0.2) is 0 Å². The molecule has 2 saturated carbocycles. The number of rotatable bonds is 1. The Kier molecular flexibility index (Phi) is 3.25. The highest BCUT2D eigenvalue weighted by Gasteiger charge is 2.48. The molecular weight excluding hydrogens is 254 g/mol. The normalized spacial score (nSPS) is 41.7. The van der Waals surface area contributed by atoms with Crippen molar-refractivity contribution in [1.29, 1.82) is 5.26 Å². The molecule has 2 fully saturated rings. The molecule has 0 N–H and O–H groups in total. The Morgan fingerprint density at radius 2 is 2.10 bits per heavy atom. The molecule has 4 aliphatic carbocycles. The number of hydrogen-bond donors (Lipinski definition) is 0. The van der Waals surface area contributed by atoms with Gasteiger partial charge >= 0.3 is 0 Å². The van der Waals surface area contributed by atoms with Gasteiger partial charge < -0.3 is 0 Å². The van der Waals surface area contributed by atoms with Crippen molar-refractivity contribution in [2.75, 3.05) is 0 Å². The Morgan fingerprint density at radius 1 is 1.19 bits per heavy atom. The summed E-state index contributed by atoms with van der Waals surface area (Å²) < 4.78 is 0. The molecular formula is C20H27N. The summed E-state index contributed by atoms with van der Waals surface area (Å²) in [5.41, 5.74) is 5.89. The molecule has 1 heteroatoms. The Morgan fingerprint density at radius 3 is 2.95 bits per heavy atom. The van der Waals surface area contributed by atoms with Crippen LogP contribution in [0, 0.1) is 34.5 Å². The summed E-state index contributed by atoms with van der Waals surface area (Å²) in [5, 5.41) is 8.94. The summed E-state index contributed by atoms with van der Waals surface area (Å²) in [6.07, 6.45) is 15.6. The van der Waals surface area contributed by atoms with Gasteiger partial charge in [0.05, 0.1) is 6.07 Å². The largest absolute Gasteiger partial charge is 0.198 e. The maximum Gasteiger partial charge on any atom is 0.0627 e. The summed E-state index contributed by atoms with van der Waals surface area (Å²) in [6, 6.07) is 2.36. The standard InChI is InChI=1S/C20H27N/c1-20-10-2-3-19(20)18-7-5-15-13-14(9-12-21)4-6-16(15)17(18)8-11-20/h13-14,18-19H,2-11H2,1H3/t14?,18-,19+,20+/m1/s1. The van der Waals surface area contributed by atoms with Gasteiger partial charge in [-0.15, -0.1) is 0 Å². The Hall–Kier alpha value is -1.03. The number of allylic oxidation sites excluding steroid dienone is 4. The average Bonchev–Trinajstić information content (AvgIpc) is 2.89. The van der Waals surface area contributed by atoms with Gasteiger partial charge in [-0.2, -0.15) is 5.26 Å². The van der Waals surface area contributed by atoms with E-state index in [2.05, 4.69) is 19.1 Å². The molecule has 1 unspecified atom stereocenters. The number of nitriles is 1. The summed E-state index contributed by atoms with van der Waals surface area (Å²) in [4.78, 5) is 0. The van der Waals surface area contributed by atoms with Crippen LogP contribution < -0.4 is 0 Å². The highest BCUT2D eigenvalue weighted by molar-refractivity contribution is 5.43. The van der Waals surface area contributed by atoms with Crippen LogP contribution in [0.5, 0.6) is 0 Å². The van der Waals surface area contributed by atoms with Crippen LogP contribution in [0.2, 0.25) is 0 Å². The number of nitrogens with zero attached hydrogens (tertiary/aromatic N) is 1. The molecule has 0 aromatic carbocycles. The minimum Gasteiger partial charge on any atom is -0.198 e. The number of fused-ring (bicyclic) bond motifs is 4. The van der Waals surface area contributed by atoms with E-state index >= 15 is 0 Å². The molecule has 21 heavy (non-hydrogen) atoms. The van der Waals surface area contributed by atoms with Crippen LogP contribution in [0.4, 0.5) is 0 Å². The lowest BCUT2D eigenvalue weighted by Crippen LogP contribution is -2.36. The second-order valence-electron chi connectivity index (χ2n) is 8.15. The van der Waals surface area contributed by atoms with Gasteiger partial charge in [0.2, 0.25) is 0 Å². The number of hydrogen-bond acceptors (Lipinski definition) is 1. The summed E-state index contributed by atoms with van der Waals surface area (Å²) >= 11 is 0. The average molecular weight is 281 g/mol. The maximum atomic E-state index is 8.94. The Bertz CT molecular complexity index is 547. The van der Waals surface area contributed by atoms with Crippen molar-refractivity contribution < 1.29 is 0 Å². The van der Waals surface area contributed by atoms with E-state index in [4.69, 9.17) is 5.26 Å². The van der Waals surface area contributed by atoms with Gasteiger partial charge in [-0.1, -0.05) is 25.0 Å². The van der Waals surface area contributed by atoms with E-state index in [1.54, 1.807) is 11.1 Å². The lowest BCUT2D eigenvalue weighted by atomic mass is 9.57. The van der Waals surface area contributed by atoms with Crippen LogP contribution in [-0.4, -0.2) is 0 Å². The fourth-order valence-electron chi connectivity index (χ4n) is 6.00. The smallest absolute Gasteiger partial charge is 0.0627 e. The van der Waals surface area contributed by atoms with Crippen LogP contribution in [0.15, 0.2) is 22.8 Å². The third-order valence-electron chi connectivity index (χ3n) is 7.11. The predicted octanol–water partition coefficient (Wildman–Crippen LogP) is 5.54. The highest BCUT2D eigenvalue weighted by Crippen LogP contribution is 2.60. The first kappa shape index (κ1) is 13.6. The van der Waals surface area contributed by atoms with E-state index in [-0.39, 0.29) is 0 Å². The molecule has 4 rings (SSSR count). The SMILES string of the molecule is C[C@@]12CCC[C@H]1[C@@H]1CCC3=CC(CC#N)CCC3=C1CC2. The molecule has 0 aromatic rings. The van der Waals surface area contributed by atoms with E-state index in [0.29, 0.717) is 11.3 Å². The predicted molar refractivity (Wildman–Crippen MR) is 85.5 cm³/mol. The molecule has 0 amide bonds. The van der Waals surface area contributed by atoms with E-state index < -0.39 is 0 Å². The first-order valence-electron chi connectivity index (χ1n) is 9.01. The molecule has 4 aliphatic rings. The Balaban J connectivity index is 1.66. The van der Waals surface area contributed by atoms with Gasteiger partial charge in [0.25, 0.3) is 0 Å². The van der Waals surface area contributed by atoms with Crippen molar-refractivity contribution in [3.8, 4) is 6.07 Å². The fraction of sp³-hybridized carbons (Fsp3) is 0.750. The van der Waals surface area contributed by atoms with Gasteiger partial charge in [0.15, 0.2) is 0 Å². The molecule has 112 valence electrons. The van der Waals surface area contributed by atoms with Crippen LogP contribution in [-0.2, 0) is 0 Å². The lowest BCUT2D eigenvalue weighted by Gasteiger charge is -2.47. The van der Waals surface area contributed by atoms with Crippen molar-refractivity contribution in [3.05, 3.63) is 22.8 Å². The molecule has 1 nitrogen and oxygen atoms in total. The third-order valence-corrected chi connectivity index (χ3v) is 7.11. The molecule has 0 bridgehead atoms. The molecule has 0 saturated heterocycles. The zero-order valence-electron chi connectivity index (χ0n) is 13.3. The van der Waals surface area contributed by atoms with Crippen molar-refractivity contribution in [3.63, 3.8) is 0 Å². The minimum atomic E-state index is 0.534. The quantitative estimate of drug-likeness (QED) is 0.618. The van der Waals surface area contributed by atoms with Crippen LogP contribution in [0.1, 0.15) is 71.1 Å². The minimum absolute atomic E-state index is 0.534. The zero-order valence-corrected chi connectivity index (χ0v) is 13.3. The van der Waals surface area contributed by atoms with Crippen LogP contribution in [0.3, 0.4) is 0 Å². The van der Waals surface area contributed by atoms with Gasteiger partial charge in [0.1, 0.15) is 0 Å². The lowest BCUT2D eigenvalue weighted by molar-refractivity contribution is 0.118. The molecule has 4 atom stereocenters. The van der Waals surface area contributed by atoms with Gasteiger partial charge in [-0.3, -0.25) is 0 Å². The van der Waals surface area contributed by atoms with E-state index in [0.717, 1.165) is 18.3 Å². The first-order chi connectivity index (χ1) is 10.2. The van der Waals surface area contributed by atoms with Crippen molar-refractivity contribution >= 4 is 0 Å². The van der Waals surface area contributed by atoms with Crippen molar-refractivity contribution in [1.82, 2.24) is 0 Å². The zero-order chi connectivity index (χ0) is 14.4. The Labute approximate surface area is 129 Å². The highest BCUT2D eigenvalue weighted by atomic mass is 14.5. The second kappa shape index (κ2) is 5.01. The van der Waals surface area contributed by atoms with E-state index in [1.165, 1.54) is 57.8 Å². The third kappa shape index (κ3) is 2.10. The van der Waals surface area contributed by atoms with E-state index in [1.807, 2.05) is 5.57 Å². The second-order valence-corrected chi connectivity index (χ2v) is 8.15. The summed E-state index contributed by atoms with van der Waals surface area (Å²) in [6.45, 7) is 2.57. The topological polar surface area (TPSA) is 23.8 Å². The monoisotopic (exact) mass is 281 g/mol. The van der Waals surface area contributed by atoms with Crippen LogP contribution in [0.25, 0.3) is 0 Å². The van der Waals surface area contributed by atoms with E-state index in [9.17, 15) is 0 Å². The molecule has 0 heterocycles. The van der Waals surface area contributed by atoms with Gasteiger partial charge in [-0.05, 0) is 85.7 Å². The van der Waals surface area contributed by atoms with Crippen LogP contribution >= 0.6 is 0 Å².